The number of benzene rings is 3. The second-order valence-electron chi connectivity index (χ2n) is 9.34. The van der Waals surface area contributed by atoms with E-state index in [0.717, 1.165) is 18.4 Å². The number of hydrogen-bond acceptors (Lipinski definition) is 2. The van der Waals surface area contributed by atoms with E-state index in [4.69, 9.17) is 9.47 Å². The number of halogens is 4. The van der Waals surface area contributed by atoms with Crippen LogP contribution in [0.25, 0.3) is 11.1 Å². The van der Waals surface area contributed by atoms with Gasteiger partial charge in [-0.05, 0) is 80.2 Å². The Balaban J connectivity index is 1.34. The number of hydrogen-bond donors (Lipinski definition) is 0. The highest BCUT2D eigenvalue weighted by Crippen LogP contribution is 2.39. The summed E-state index contributed by atoms with van der Waals surface area (Å²) in [5.41, 5.74) is 2.17. The van der Waals surface area contributed by atoms with Gasteiger partial charge in [-0.1, -0.05) is 42.0 Å². The van der Waals surface area contributed by atoms with Crippen molar-refractivity contribution >= 4 is 0 Å². The van der Waals surface area contributed by atoms with Crippen LogP contribution in [0.2, 0.25) is 0 Å². The molecule has 1 aliphatic rings. The van der Waals surface area contributed by atoms with Gasteiger partial charge in [0.1, 0.15) is 0 Å². The zero-order chi connectivity index (χ0) is 25.7. The molecule has 0 amide bonds. The molecular weight excluding hydrogens is 468 g/mol. The smallest absolute Gasteiger partial charge is 0.201 e. The van der Waals surface area contributed by atoms with Gasteiger partial charge in [0.25, 0.3) is 0 Å². The summed E-state index contributed by atoms with van der Waals surface area (Å²) in [4.78, 5) is 0. The molecule has 6 heteroatoms. The first kappa shape index (κ1) is 25.8. The monoisotopic (exact) mass is 498 g/mol. The maximum absolute atomic E-state index is 14.7. The van der Waals surface area contributed by atoms with Crippen LogP contribution in [0.4, 0.5) is 17.6 Å². The van der Waals surface area contributed by atoms with Gasteiger partial charge in [0.2, 0.25) is 11.6 Å². The predicted octanol–water partition coefficient (Wildman–Crippen LogP) is 8.53. The van der Waals surface area contributed by atoms with Crippen LogP contribution < -0.4 is 9.47 Å². The quantitative estimate of drug-likeness (QED) is 0.167. The highest BCUT2D eigenvalue weighted by atomic mass is 19.2. The van der Waals surface area contributed by atoms with Crippen molar-refractivity contribution in [2.24, 2.45) is 5.92 Å². The maximum Gasteiger partial charge on any atom is 0.201 e. The Kier molecular flexibility index (Phi) is 8.34. The van der Waals surface area contributed by atoms with Gasteiger partial charge in [-0.2, -0.15) is 8.78 Å². The summed E-state index contributed by atoms with van der Waals surface area (Å²) < 4.78 is 69.5. The van der Waals surface area contributed by atoms with Crippen molar-refractivity contribution in [1.29, 1.82) is 0 Å². The standard InChI is InChI=1S/C30H30F4O2/c1-3-4-17-35-25-15-13-24(27(31)29(25)33)22-11-7-20(8-12-22)18-36-26-16-14-23(28(32)30(26)34)21-9-5-19(2)6-10-21/h3,5-6,9-10,13-16,20,22H,1,4,7-8,11-12,17-18H2,2H3. The molecule has 36 heavy (non-hydrogen) atoms. The molecule has 0 spiro atoms. The summed E-state index contributed by atoms with van der Waals surface area (Å²) >= 11 is 0. The van der Waals surface area contributed by atoms with Crippen LogP contribution in [0.1, 0.15) is 49.1 Å². The van der Waals surface area contributed by atoms with Crippen molar-refractivity contribution in [3.05, 3.63) is 95.6 Å². The molecular formula is C30H30F4O2. The van der Waals surface area contributed by atoms with Gasteiger partial charge < -0.3 is 9.47 Å². The van der Waals surface area contributed by atoms with E-state index >= 15 is 0 Å². The minimum Gasteiger partial charge on any atom is -0.490 e. The third-order valence-electron chi connectivity index (χ3n) is 6.83. The molecule has 0 atom stereocenters. The van der Waals surface area contributed by atoms with Crippen molar-refractivity contribution in [2.45, 2.75) is 44.9 Å². The Hall–Kier alpha value is -3.28. The highest BCUT2D eigenvalue weighted by molar-refractivity contribution is 5.65. The van der Waals surface area contributed by atoms with Gasteiger partial charge in [-0.3, -0.25) is 0 Å². The molecule has 1 aliphatic carbocycles. The van der Waals surface area contributed by atoms with E-state index in [0.29, 0.717) is 30.4 Å². The third kappa shape index (κ3) is 5.75. The van der Waals surface area contributed by atoms with Crippen LogP contribution in [0.15, 0.2) is 61.2 Å². The fraction of sp³-hybridized carbons (Fsp3) is 0.333. The molecule has 0 bridgehead atoms. The summed E-state index contributed by atoms with van der Waals surface area (Å²) in [6.07, 6.45) is 4.94. The predicted molar refractivity (Wildman–Crippen MR) is 133 cm³/mol. The minimum atomic E-state index is -1.00. The van der Waals surface area contributed by atoms with Gasteiger partial charge in [0.15, 0.2) is 23.1 Å². The fourth-order valence-corrected chi connectivity index (χ4v) is 4.67. The van der Waals surface area contributed by atoms with E-state index in [1.165, 1.54) is 18.2 Å². The van der Waals surface area contributed by atoms with E-state index < -0.39 is 23.3 Å². The Morgan fingerprint density at radius 1 is 0.778 bits per heavy atom. The van der Waals surface area contributed by atoms with Crippen molar-refractivity contribution in [2.75, 3.05) is 13.2 Å². The highest BCUT2D eigenvalue weighted by Gasteiger charge is 2.27. The van der Waals surface area contributed by atoms with Crippen LogP contribution in [0.5, 0.6) is 11.5 Å². The Morgan fingerprint density at radius 2 is 1.42 bits per heavy atom. The summed E-state index contributed by atoms with van der Waals surface area (Å²) in [7, 11) is 0. The number of aryl methyl sites for hydroxylation is 1. The van der Waals surface area contributed by atoms with Gasteiger partial charge in [-0.15, -0.1) is 6.58 Å². The number of rotatable bonds is 9. The first-order valence-corrected chi connectivity index (χ1v) is 12.3. The van der Waals surface area contributed by atoms with Crippen LogP contribution >= 0.6 is 0 Å². The average Bonchev–Trinajstić information content (AvgIpc) is 2.89. The summed E-state index contributed by atoms with van der Waals surface area (Å²) in [6.45, 7) is 5.98. The molecule has 0 saturated heterocycles. The summed E-state index contributed by atoms with van der Waals surface area (Å²) in [6, 6.07) is 13.3. The maximum atomic E-state index is 14.7. The molecule has 1 saturated carbocycles. The van der Waals surface area contributed by atoms with Crippen molar-refractivity contribution < 1.29 is 27.0 Å². The van der Waals surface area contributed by atoms with E-state index in [9.17, 15) is 17.6 Å². The molecule has 1 fully saturated rings. The van der Waals surface area contributed by atoms with E-state index in [1.54, 1.807) is 24.3 Å². The zero-order valence-corrected chi connectivity index (χ0v) is 20.3. The lowest BCUT2D eigenvalue weighted by Gasteiger charge is -2.29. The topological polar surface area (TPSA) is 18.5 Å². The minimum absolute atomic E-state index is 0.0946. The molecule has 0 aromatic heterocycles. The molecule has 0 unspecified atom stereocenters. The van der Waals surface area contributed by atoms with Gasteiger partial charge in [0, 0.05) is 5.56 Å². The largest absolute Gasteiger partial charge is 0.490 e. The first-order valence-electron chi connectivity index (χ1n) is 12.3. The van der Waals surface area contributed by atoms with E-state index in [2.05, 4.69) is 6.58 Å². The second kappa shape index (κ2) is 11.6. The Bertz CT molecular complexity index is 1200. The summed E-state index contributed by atoms with van der Waals surface area (Å²) in [5, 5.41) is 0. The molecule has 3 aromatic rings. The molecule has 190 valence electrons. The molecule has 0 N–H and O–H groups in total. The fourth-order valence-electron chi connectivity index (χ4n) is 4.67. The molecule has 4 rings (SSSR count). The molecule has 3 aromatic carbocycles. The lowest BCUT2D eigenvalue weighted by molar-refractivity contribution is 0.191. The van der Waals surface area contributed by atoms with E-state index in [1.807, 2.05) is 19.1 Å². The SMILES string of the molecule is C=CCCOc1ccc(C2CCC(COc3ccc(-c4ccc(C)cc4)c(F)c3F)CC2)c(F)c1F. The van der Waals surface area contributed by atoms with Crippen LogP contribution in [-0.2, 0) is 0 Å². The normalized spacial score (nSPS) is 17.6. The van der Waals surface area contributed by atoms with Crippen LogP contribution in [0.3, 0.4) is 0 Å². The molecule has 0 heterocycles. The Labute approximate surface area is 209 Å². The molecule has 0 aliphatic heterocycles. The van der Waals surface area contributed by atoms with Crippen molar-refractivity contribution in [3.63, 3.8) is 0 Å². The number of ether oxygens (including phenoxy) is 2. The summed E-state index contributed by atoms with van der Waals surface area (Å²) in [5.74, 6) is -3.97. The lowest BCUT2D eigenvalue weighted by Crippen LogP contribution is -2.20. The van der Waals surface area contributed by atoms with Crippen LogP contribution in [-0.4, -0.2) is 13.2 Å². The van der Waals surface area contributed by atoms with Crippen molar-refractivity contribution in [3.8, 4) is 22.6 Å². The molecule has 2 nitrogen and oxygen atoms in total. The lowest BCUT2D eigenvalue weighted by atomic mass is 9.79. The van der Waals surface area contributed by atoms with Gasteiger partial charge in [-0.25, -0.2) is 8.78 Å². The molecule has 0 radical (unpaired) electrons. The third-order valence-corrected chi connectivity index (χ3v) is 6.83. The zero-order valence-electron chi connectivity index (χ0n) is 20.3. The van der Waals surface area contributed by atoms with Crippen molar-refractivity contribution in [1.82, 2.24) is 0 Å². The van der Waals surface area contributed by atoms with Gasteiger partial charge >= 0.3 is 0 Å². The Morgan fingerprint density at radius 3 is 2.11 bits per heavy atom. The first-order chi connectivity index (χ1) is 17.4. The average molecular weight is 499 g/mol. The van der Waals surface area contributed by atoms with Gasteiger partial charge in [0.05, 0.1) is 13.2 Å². The van der Waals surface area contributed by atoms with E-state index in [-0.39, 0.29) is 42.1 Å². The van der Waals surface area contributed by atoms with Crippen LogP contribution in [0, 0.1) is 36.1 Å². The second-order valence-corrected chi connectivity index (χ2v) is 9.34.